The Morgan fingerprint density at radius 2 is 1.80 bits per heavy atom. The van der Waals surface area contributed by atoms with Gasteiger partial charge in [0.25, 0.3) is 5.76 Å². The van der Waals surface area contributed by atoms with Gasteiger partial charge in [-0.05, 0) is 43.6 Å². The summed E-state index contributed by atoms with van der Waals surface area (Å²) in [7, 11) is 0. The summed E-state index contributed by atoms with van der Waals surface area (Å²) in [4.78, 5) is 2.49. The molecule has 0 bridgehead atoms. The Hall–Kier alpha value is -1.37. The van der Waals surface area contributed by atoms with Crippen molar-refractivity contribution in [1.29, 1.82) is 0 Å². The van der Waals surface area contributed by atoms with Crippen LogP contribution in [-0.2, 0) is 18.8 Å². The van der Waals surface area contributed by atoms with Crippen LogP contribution in [0.25, 0.3) is 0 Å². The van der Waals surface area contributed by atoms with Crippen molar-refractivity contribution >= 4 is 11.8 Å². The molecule has 2 aromatic rings. The Morgan fingerprint density at radius 1 is 1.08 bits per heavy atom. The van der Waals surface area contributed by atoms with Crippen LogP contribution in [0, 0.1) is 0 Å². The molecule has 0 radical (unpaired) electrons. The quantitative estimate of drug-likeness (QED) is 0.745. The molecule has 136 valence electrons. The van der Waals surface area contributed by atoms with Gasteiger partial charge in [-0.25, -0.2) is 0 Å². The summed E-state index contributed by atoms with van der Waals surface area (Å²) in [5.41, 5.74) is 1.36. The molecule has 3 nitrogen and oxygen atoms in total. The molecule has 0 atom stereocenters. The first-order valence-corrected chi connectivity index (χ1v) is 9.71. The Kier molecular flexibility index (Phi) is 6.90. The Bertz CT molecular complexity index is 627. The number of likely N-dealkylation sites (tertiary alicyclic amines) is 1. The van der Waals surface area contributed by atoms with Crippen LogP contribution >= 0.6 is 11.8 Å². The molecular formula is C19H24F2N2OS. The van der Waals surface area contributed by atoms with E-state index < -0.39 is 5.76 Å². The first kappa shape index (κ1) is 18.4. The number of halogens is 2. The third-order valence-corrected chi connectivity index (χ3v) is 5.17. The lowest BCUT2D eigenvalue weighted by atomic mass is 10.0. The normalized spacial score (nSPS) is 16.6. The largest absolute Gasteiger partial charge is 0.464 e. The summed E-state index contributed by atoms with van der Waals surface area (Å²) >= 11 is 0.592. The molecule has 1 aromatic carbocycles. The maximum absolute atomic E-state index is 12.2. The zero-order valence-electron chi connectivity index (χ0n) is 14.2. The lowest BCUT2D eigenvalue weighted by molar-refractivity contribution is 0.188. The van der Waals surface area contributed by atoms with Crippen LogP contribution < -0.4 is 5.32 Å². The summed E-state index contributed by atoms with van der Waals surface area (Å²) < 4.78 is 30.0. The van der Waals surface area contributed by atoms with Crippen molar-refractivity contribution in [2.75, 3.05) is 13.1 Å². The highest BCUT2D eigenvalue weighted by atomic mass is 32.2. The van der Waals surface area contributed by atoms with Gasteiger partial charge in [0, 0.05) is 12.6 Å². The predicted molar refractivity (Wildman–Crippen MR) is 97.6 cm³/mol. The zero-order valence-corrected chi connectivity index (χ0v) is 15.0. The average molecular weight is 366 g/mol. The topological polar surface area (TPSA) is 28.4 Å². The molecule has 0 saturated carbocycles. The second kappa shape index (κ2) is 9.36. The van der Waals surface area contributed by atoms with Gasteiger partial charge in [-0.3, -0.25) is 4.90 Å². The van der Waals surface area contributed by atoms with E-state index in [2.05, 4.69) is 34.5 Å². The lowest BCUT2D eigenvalue weighted by Gasteiger charge is -2.32. The second-order valence-corrected chi connectivity index (χ2v) is 7.33. The summed E-state index contributed by atoms with van der Waals surface area (Å²) in [5.74, 6) is -0.709. The summed E-state index contributed by atoms with van der Waals surface area (Å²) in [6.45, 7) is 3.83. The molecular weight excluding hydrogens is 342 g/mol. The van der Waals surface area contributed by atoms with Crippen LogP contribution in [0.3, 0.4) is 0 Å². The molecule has 1 aliphatic heterocycles. The first-order valence-electron chi connectivity index (χ1n) is 8.66. The van der Waals surface area contributed by atoms with E-state index in [1.165, 1.54) is 5.56 Å². The summed E-state index contributed by atoms with van der Waals surface area (Å²) in [5, 5.41) is 3.53. The molecule has 25 heavy (non-hydrogen) atoms. The van der Waals surface area contributed by atoms with Gasteiger partial charge in [0.1, 0.15) is 11.5 Å². The molecule has 1 aliphatic rings. The van der Waals surface area contributed by atoms with Gasteiger partial charge in [-0.15, -0.1) is 0 Å². The fraction of sp³-hybridized carbons (Fsp3) is 0.474. The minimum Gasteiger partial charge on any atom is -0.464 e. The number of alkyl halides is 2. The van der Waals surface area contributed by atoms with Crippen LogP contribution in [0.15, 0.2) is 46.9 Å². The van der Waals surface area contributed by atoms with Crippen LogP contribution in [0.5, 0.6) is 0 Å². The standard InChI is InChI=1S/C19H24F2N2OS/c20-19(21)25-14-18-7-6-17(24-18)12-22-16-8-10-23(11-9-16)13-15-4-2-1-3-5-15/h1-7,16,19,22H,8-14H2. The highest BCUT2D eigenvalue weighted by molar-refractivity contribution is 7.98. The van der Waals surface area contributed by atoms with Gasteiger partial charge < -0.3 is 9.73 Å². The van der Waals surface area contributed by atoms with Gasteiger partial charge in [0.2, 0.25) is 0 Å². The lowest BCUT2D eigenvalue weighted by Crippen LogP contribution is -2.41. The molecule has 6 heteroatoms. The fourth-order valence-corrected chi connectivity index (χ4v) is 3.57. The number of nitrogens with one attached hydrogen (secondary N) is 1. The van der Waals surface area contributed by atoms with E-state index in [1.807, 2.05) is 12.1 Å². The summed E-state index contributed by atoms with van der Waals surface area (Å²) in [6.07, 6.45) is 2.23. The number of hydrogen-bond acceptors (Lipinski definition) is 4. The molecule has 0 spiro atoms. The van der Waals surface area contributed by atoms with Crippen molar-refractivity contribution in [2.45, 2.75) is 43.5 Å². The van der Waals surface area contributed by atoms with Crippen molar-refractivity contribution in [3.8, 4) is 0 Å². The summed E-state index contributed by atoms with van der Waals surface area (Å²) in [6, 6.07) is 14.7. The Morgan fingerprint density at radius 3 is 2.52 bits per heavy atom. The van der Waals surface area contributed by atoms with E-state index >= 15 is 0 Å². The second-order valence-electron chi connectivity index (χ2n) is 6.36. The van der Waals surface area contributed by atoms with Crippen LogP contribution in [0.2, 0.25) is 0 Å². The number of nitrogens with zero attached hydrogens (tertiary/aromatic N) is 1. The van der Waals surface area contributed by atoms with E-state index in [-0.39, 0.29) is 5.75 Å². The number of piperidine rings is 1. The molecule has 0 unspecified atom stereocenters. The number of thioether (sulfide) groups is 1. The first-order chi connectivity index (χ1) is 12.2. The van der Waals surface area contributed by atoms with Crippen LogP contribution in [-0.4, -0.2) is 29.8 Å². The number of furan rings is 1. The van der Waals surface area contributed by atoms with Gasteiger partial charge >= 0.3 is 0 Å². The molecule has 1 N–H and O–H groups in total. The molecule has 3 rings (SSSR count). The van der Waals surface area contributed by atoms with Crippen molar-refractivity contribution in [3.05, 3.63) is 59.5 Å². The minimum absolute atomic E-state index is 0.218. The van der Waals surface area contributed by atoms with Crippen molar-refractivity contribution in [3.63, 3.8) is 0 Å². The molecule has 0 amide bonds. The van der Waals surface area contributed by atoms with Crippen LogP contribution in [0.4, 0.5) is 8.78 Å². The van der Waals surface area contributed by atoms with E-state index in [0.717, 1.165) is 38.2 Å². The molecule has 1 saturated heterocycles. The maximum Gasteiger partial charge on any atom is 0.284 e. The third kappa shape index (κ3) is 6.13. The minimum atomic E-state index is -2.35. The number of rotatable bonds is 8. The van der Waals surface area contributed by atoms with Crippen molar-refractivity contribution in [1.82, 2.24) is 10.2 Å². The Balaban J connectivity index is 1.36. The number of hydrogen-bond donors (Lipinski definition) is 1. The Labute approximate surface area is 151 Å². The van der Waals surface area contributed by atoms with Gasteiger partial charge in [0.05, 0.1) is 12.3 Å². The predicted octanol–water partition coefficient (Wildman–Crippen LogP) is 4.49. The number of benzene rings is 1. The molecule has 1 fully saturated rings. The van der Waals surface area contributed by atoms with Crippen molar-refractivity contribution < 1.29 is 13.2 Å². The van der Waals surface area contributed by atoms with E-state index in [4.69, 9.17) is 4.42 Å². The zero-order chi connectivity index (χ0) is 17.5. The van der Waals surface area contributed by atoms with E-state index in [0.29, 0.717) is 30.1 Å². The highest BCUT2D eigenvalue weighted by Gasteiger charge is 2.19. The molecule has 1 aromatic heterocycles. The SMILES string of the molecule is FC(F)SCc1ccc(CNC2CCN(Cc3ccccc3)CC2)o1. The van der Waals surface area contributed by atoms with Crippen molar-refractivity contribution in [2.24, 2.45) is 0 Å². The van der Waals surface area contributed by atoms with E-state index in [1.54, 1.807) is 6.07 Å². The fourth-order valence-electron chi connectivity index (χ4n) is 3.12. The molecule has 0 aliphatic carbocycles. The van der Waals surface area contributed by atoms with E-state index in [9.17, 15) is 8.78 Å². The highest BCUT2D eigenvalue weighted by Crippen LogP contribution is 2.21. The monoisotopic (exact) mass is 366 g/mol. The maximum atomic E-state index is 12.2. The van der Waals surface area contributed by atoms with Gasteiger partial charge in [-0.1, -0.05) is 42.1 Å². The smallest absolute Gasteiger partial charge is 0.284 e. The van der Waals surface area contributed by atoms with Gasteiger partial charge in [0.15, 0.2) is 0 Å². The van der Waals surface area contributed by atoms with Gasteiger partial charge in [-0.2, -0.15) is 8.78 Å². The average Bonchev–Trinajstić information content (AvgIpc) is 3.08. The third-order valence-electron chi connectivity index (χ3n) is 4.47. The molecule has 2 heterocycles. The van der Waals surface area contributed by atoms with Crippen LogP contribution in [0.1, 0.15) is 29.9 Å².